The Hall–Kier alpha value is -2.18. The summed E-state index contributed by atoms with van der Waals surface area (Å²) in [4.78, 5) is 0. The van der Waals surface area contributed by atoms with Crippen LogP contribution in [0.2, 0.25) is 5.02 Å². The van der Waals surface area contributed by atoms with Crippen LogP contribution in [0.1, 0.15) is 31.0 Å². The molecule has 2 aromatic rings. The summed E-state index contributed by atoms with van der Waals surface area (Å²) in [6, 6.07) is 15.5. The molecule has 2 rings (SSSR count). The van der Waals surface area contributed by atoms with Gasteiger partial charge in [-0.3, -0.25) is 0 Å². The number of rotatable bonds is 5. The molecule has 3 nitrogen and oxygen atoms in total. The van der Waals surface area contributed by atoms with Gasteiger partial charge in [-0.05, 0) is 49.7 Å². The lowest BCUT2D eigenvalue weighted by atomic mass is 10.1. The van der Waals surface area contributed by atoms with Crippen LogP contribution in [0, 0.1) is 11.3 Å². The zero-order chi connectivity index (χ0) is 15.2. The van der Waals surface area contributed by atoms with E-state index in [0.717, 1.165) is 17.0 Å². The summed E-state index contributed by atoms with van der Waals surface area (Å²) in [7, 11) is 0. The Morgan fingerprint density at radius 2 is 1.95 bits per heavy atom. The van der Waals surface area contributed by atoms with Gasteiger partial charge in [0.25, 0.3) is 0 Å². The quantitative estimate of drug-likeness (QED) is 0.864. The molecule has 1 N–H and O–H groups in total. The maximum Gasteiger partial charge on any atom is 0.119 e. The summed E-state index contributed by atoms with van der Waals surface area (Å²) in [6.07, 6.45) is 0. The third kappa shape index (κ3) is 3.90. The van der Waals surface area contributed by atoms with E-state index in [1.807, 2.05) is 37.3 Å². The van der Waals surface area contributed by atoms with Gasteiger partial charge in [0.2, 0.25) is 0 Å². The van der Waals surface area contributed by atoms with Gasteiger partial charge in [0, 0.05) is 11.7 Å². The minimum absolute atomic E-state index is 0.129. The summed E-state index contributed by atoms with van der Waals surface area (Å²) >= 11 is 6.04. The SMILES string of the molecule is CCOc1ccc(C(C)Nc2ccc(C#N)c(Cl)c2)cc1. The fourth-order valence-electron chi connectivity index (χ4n) is 2.05. The Morgan fingerprint density at radius 1 is 1.24 bits per heavy atom. The van der Waals surface area contributed by atoms with Crippen molar-refractivity contribution in [3.63, 3.8) is 0 Å². The predicted molar refractivity (Wildman–Crippen MR) is 85.8 cm³/mol. The van der Waals surface area contributed by atoms with E-state index in [1.54, 1.807) is 12.1 Å². The average molecular weight is 301 g/mol. The van der Waals surface area contributed by atoms with Gasteiger partial charge in [0.1, 0.15) is 11.8 Å². The first kappa shape index (κ1) is 15.2. The first-order valence-electron chi connectivity index (χ1n) is 6.83. The summed E-state index contributed by atoms with van der Waals surface area (Å²) in [5.74, 6) is 0.870. The standard InChI is InChI=1S/C17H17ClN2O/c1-3-21-16-8-5-13(6-9-16)12(2)20-15-7-4-14(11-19)17(18)10-15/h4-10,12,20H,3H2,1-2H3. The van der Waals surface area contributed by atoms with E-state index in [9.17, 15) is 0 Å². The van der Waals surface area contributed by atoms with Gasteiger partial charge in [-0.1, -0.05) is 23.7 Å². The van der Waals surface area contributed by atoms with Crippen molar-refractivity contribution in [1.82, 2.24) is 0 Å². The monoisotopic (exact) mass is 300 g/mol. The van der Waals surface area contributed by atoms with Crippen molar-refractivity contribution in [2.75, 3.05) is 11.9 Å². The fourth-order valence-corrected chi connectivity index (χ4v) is 2.27. The van der Waals surface area contributed by atoms with Gasteiger partial charge in [-0.2, -0.15) is 5.26 Å². The number of anilines is 1. The van der Waals surface area contributed by atoms with Crippen molar-refractivity contribution in [3.8, 4) is 11.8 Å². The molecule has 0 aliphatic carbocycles. The molecule has 1 atom stereocenters. The lowest BCUT2D eigenvalue weighted by Crippen LogP contribution is -2.06. The van der Waals surface area contributed by atoms with Crippen LogP contribution in [0.5, 0.6) is 5.75 Å². The van der Waals surface area contributed by atoms with E-state index < -0.39 is 0 Å². The Balaban J connectivity index is 2.08. The van der Waals surface area contributed by atoms with Crippen LogP contribution in [0.15, 0.2) is 42.5 Å². The van der Waals surface area contributed by atoms with Crippen molar-refractivity contribution in [1.29, 1.82) is 5.26 Å². The molecule has 0 aromatic heterocycles. The van der Waals surface area contributed by atoms with Crippen LogP contribution >= 0.6 is 11.6 Å². The molecule has 0 fully saturated rings. The number of hydrogen-bond acceptors (Lipinski definition) is 3. The predicted octanol–water partition coefficient (Wildman–Crippen LogP) is 4.78. The van der Waals surface area contributed by atoms with E-state index in [1.165, 1.54) is 0 Å². The first-order valence-corrected chi connectivity index (χ1v) is 7.20. The molecule has 0 heterocycles. The average Bonchev–Trinajstić information content (AvgIpc) is 2.48. The summed E-state index contributed by atoms with van der Waals surface area (Å²) in [6.45, 7) is 4.70. The molecule has 0 saturated heterocycles. The van der Waals surface area contributed by atoms with Crippen LogP contribution in [-0.4, -0.2) is 6.61 Å². The van der Waals surface area contributed by atoms with E-state index >= 15 is 0 Å². The van der Waals surface area contributed by atoms with E-state index in [0.29, 0.717) is 17.2 Å². The number of halogens is 1. The summed E-state index contributed by atoms with van der Waals surface area (Å²) in [5.41, 5.74) is 2.52. The molecular weight excluding hydrogens is 284 g/mol. The van der Waals surface area contributed by atoms with Gasteiger partial charge in [0.05, 0.1) is 17.2 Å². The molecule has 0 bridgehead atoms. The molecule has 108 valence electrons. The molecule has 0 aliphatic heterocycles. The highest BCUT2D eigenvalue weighted by Crippen LogP contribution is 2.25. The Morgan fingerprint density at radius 3 is 2.52 bits per heavy atom. The highest BCUT2D eigenvalue weighted by atomic mass is 35.5. The van der Waals surface area contributed by atoms with Crippen LogP contribution in [0.4, 0.5) is 5.69 Å². The molecule has 4 heteroatoms. The fraction of sp³-hybridized carbons (Fsp3) is 0.235. The van der Waals surface area contributed by atoms with E-state index in [-0.39, 0.29) is 6.04 Å². The Labute approximate surface area is 130 Å². The molecule has 0 amide bonds. The number of nitrogens with one attached hydrogen (secondary N) is 1. The van der Waals surface area contributed by atoms with E-state index in [4.69, 9.17) is 21.6 Å². The molecule has 1 unspecified atom stereocenters. The molecule has 0 saturated carbocycles. The maximum absolute atomic E-state index is 8.87. The minimum Gasteiger partial charge on any atom is -0.494 e. The summed E-state index contributed by atoms with van der Waals surface area (Å²) < 4.78 is 5.43. The molecule has 21 heavy (non-hydrogen) atoms. The van der Waals surface area contributed by atoms with Gasteiger partial charge in [0.15, 0.2) is 0 Å². The molecule has 2 aromatic carbocycles. The van der Waals surface area contributed by atoms with Crippen LogP contribution in [0.3, 0.4) is 0 Å². The van der Waals surface area contributed by atoms with Crippen molar-refractivity contribution in [3.05, 3.63) is 58.6 Å². The number of ether oxygens (including phenoxy) is 1. The van der Waals surface area contributed by atoms with Gasteiger partial charge >= 0.3 is 0 Å². The highest BCUT2D eigenvalue weighted by molar-refractivity contribution is 6.32. The van der Waals surface area contributed by atoms with Gasteiger partial charge in [-0.15, -0.1) is 0 Å². The second-order valence-electron chi connectivity index (χ2n) is 4.67. The third-order valence-electron chi connectivity index (χ3n) is 3.16. The van der Waals surface area contributed by atoms with Crippen LogP contribution < -0.4 is 10.1 Å². The van der Waals surface area contributed by atoms with Gasteiger partial charge < -0.3 is 10.1 Å². The zero-order valence-corrected chi connectivity index (χ0v) is 12.8. The molecule has 0 radical (unpaired) electrons. The second-order valence-corrected chi connectivity index (χ2v) is 5.08. The Kier molecular flexibility index (Phi) is 5.08. The first-order chi connectivity index (χ1) is 10.1. The maximum atomic E-state index is 8.87. The highest BCUT2D eigenvalue weighted by Gasteiger charge is 2.07. The lowest BCUT2D eigenvalue weighted by Gasteiger charge is -2.16. The zero-order valence-electron chi connectivity index (χ0n) is 12.1. The normalized spacial score (nSPS) is 11.5. The minimum atomic E-state index is 0.129. The largest absolute Gasteiger partial charge is 0.494 e. The van der Waals surface area contributed by atoms with Crippen LogP contribution in [0.25, 0.3) is 0 Å². The number of hydrogen-bond donors (Lipinski definition) is 1. The number of nitriles is 1. The van der Waals surface area contributed by atoms with Gasteiger partial charge in [-0.25, -0.2) is 0 Å². The van der Waals surface area contributed by atoms with Crippen molar-refractivity contribution in [2.45, 2.75) is 19.9 Å². The summed E-state index contributed by atoms with van der Waals surface area (Å²) in [5, 5.41) is 12.7. The topological polar surface area (TPSA) is 45.0 Å². The number of benzene rings is 2. The van der Waals surface area contributed by atoms with Crippen molar-refractivity contribution >= 4 is 17.3 Å². The van der Waals surface area contributed by atoms with Crippen molar-refractivity contribution < 1.29 is 4.74 Å². The van der Waals surface area contributed by atoms with E-state index in [2.05, 4.69) is 18.3 Å². The molecular formula is C17H17ClN2O. The molecule has 0 aliphatic rings. The van der Waals surface area contributed by atoms with Crippen LogP contribution in [-0.2, 0) is 0 Å². The number of nitrogens with zero attached hydrogens (tertiary/aromatic N) is 1. The Bertz CT molecular complexity index is 647. The molecule has 0 spiro atoms. The smallest absolute Gasteiger partial charge is 0.119 e. The second kappa shape index (κ2) is 7.01. The lowest BCUT2D eigenvalue weighted by molar-refractivity contribution is 0.340. The third-order valence-corrected chi connectivity index (χ3v) is 3.48. The van der Waals surface area contributed by atoms with Crippen molar-refractivity contribution in [2.24, 2.45) is 0 Å².